The van der Waals surface area contributed by atoms with Crippen molar-refractivity contribution in [3.8, 4) is 0 Å². The summed E-state index contributed by atoms with van der Waals surface area (Å²) in [5.41, 5.74) is 7.65. The quantitative estimate of drug-likeness (QED) is 0.0117. The van der Waals surface area contributed by atoms with Gasteiger partial charge < -0.3 is 11.5 Å². The zero-order valence-corrected chi connectivity index (χ0v) is 36.9. The summed E-state index contributed by atoms with van der Waals surface area (Å²) in [5, 5.41) is 34.1. The molecule has 64 heavy (non-hydrogen) atoms. The van der Waals surface area contributed by atoms with Crippen molar-refractivity contribution in [1.82, 2.24) is 0 Å². The normalized spacial score (nSPS) is 13.4. The fourth-order valence-electron chi connectivity index (χ4n) is 4.67. The number of anilines is 2. The van der Waals surface area contributed by atoms with Gasteiger partial charge in [0.15, 0.2) is 32.0 Å². The van der Waals surface area contributed by atoms with E-state index >= 15 is 0 Å². The first kappa shape index (κ1) is 51.6. The van der Waals surface area contributed by atoms with Crippen LogP contribution in [0.1, 0.15) is 0 Å². The topological polar surface area (TPSA) is 469 Å². The van der Waals surface area contributed by atoms with Gasteiger partial charge in [-0.05, 0) is 54.6 Å². The van der Waals surface area contributed by atoms with Crippen LogP contribution in [0, 0.1) is 0 Å². The lowest BCUT2D eigenvalue weighted by Crippen LogP contribution is -2.16. The van der Waals surface area contributed by atoms with Crippen molar-refractivity contribution < 1.29 is 91.7 Å². The second kappa shape index (κ2) is 20.4. The standard InChI is InChI=1S/C28H28N8O21S7/c29-26-21(34-31-18-3-1-2-4-23(18)61(42,43)44)15-22(35-32-19-7-5-16(13-24(19)62(45,46)47)59(38,39)11-9-54-58-57-56-37)27(30)28(26)36-33-20-8-6-17(14-25(20)63(48,49)50)60(40,41)12-10-55-64(51,52)53/h1-8,13-15,37H,9-12,29-30H2,(H,42,43,44)(H,45,46,47)(H,48,49,50)(H,51,52,53)/b34-31+,35-32+,36-33+. The summed E-state index contributed by atoms with van der Waals surface area (Å²) in [7, 11) is -29.5. The summed E-state index contributed by atoms with van der Waals surface area (Å²) in [6.07, 6.45) is 0. The highest BCUT2D eigenvalue weighted by molar-refractivity contribution is 7.92. The van der Waals surface area contributed by atoms with Gasteiger partial charge in [-0.1, -0.05) is 17.2 Å². The van der Waals surface area contributed by atoms with Gasteiger partial charge >= 0.3 is 10.4 Å². The van der Waals surface area contributed by atoms with Crippen LogP contribution in [0.4, 0.5) is 45.5 Å². The minimum Gasteiger partial charge on any atom is -0.395 e. The molecule has 4 aromatic carbocycles. The minimum absolute atomic E-state index is 0.0624. The van der Waals surface area contributed by atoms with Crippen LogP contribution in [0.15, 0.2) is 122 Å². The number of nitrogen functional groups attached to an aromatic ring is 2. The molecule has 36 heteroatoms. The van der Waals surface area contributed by atoms with E-state index in [-0.39, 0.29) is 12.3 Å². The van der Waals surface area contributed by atoms with Crippen LogP contribution in [0.2, 0.25) is 0 Å². The van der Waals surface area contributed by atoms with Gasteiger partial charge in [-0.3, -0.25) is 22.4 Å². The number of sulfone groups is 2. The Hall–Kier alpha value is -5.03. The van der Waals surface area contributed by atoms with Gasteiger partial charge in [-0.2, -0.15) is 33.7 Å². The Bertz CT molecular complexity index is 3220. The molecule has 0 spiro atoms. The first-order valence-electron chi connectivity index (χ1n) is 16.2. The van der Waals surface area contributed by atoms with E-state index < -0.39 is 155 Å². The largest absolute Gasteiger partial charge is 0.397 e. The summed E-state index contributed by atoms with van der Waals surface area (Å²) in [6.45, 7) is -1.67. The summed E-state index contributed by atoms with van der Waals surface area (Å²) in [6, 6.07) is 9.62. The highest BCUT2D eigenvalue weighted by Gasteiger charge is 2.25. The van der Waals surface area contributed by atoms with Gasteiger partial charge in [0.2, 0.25) is 0 Å². The maximum absolute atomic E-state index is 12.8. The first-order chi connectivity index (χ1) is 29.5. The number of nitrogens with two attached hydrogens (primary N) is 2. The molecule has 0 saturated heterocycles. The van der Waals surface area contributed by atoms with Crippen molar-refractivity contribution in [2.75, 3.05) is 36.2 Å². The Morgan fingerprint density at radius 3 is 1.39 bits per heavy atom. The Labute approximate surface area is 366 Å². The van der Waals surface area contributed by atoms with Gasteiger partial charge in [0.25, 0.3) is 30.4 Å². The molecule has 9 N–H and O–H groups in total. The molecule has 4 aromatic rings. The molecular weight excluding hydrogens is 1010 g/mol. The van der Waals surface area contributed by atoms with E-state index in [2.05, 4.69) is 44.2 Å². The maximum atomic E-state index is 12.8. The molecule has 0 aliphatic rings. The van der Waals surface area contributed by atoms with Crippen LogP contribution in [0.5, 0.6) is 0 Å². The Balaban J connectivity index is 1.88. The fraction of sp³-hybridized carbons (Fsp3) is 0.143. The zero-order valence-electron chi connectivity index (χ0n) is 31.1. The van der Waals surface area contributed by atoms with Gasteiger partial charge in [-0.25, -0.2) is 26.3 Å². The number of nitrogens with zero attached hydrogens (tertiary/aromatic N) is 6. The molecule has 0 aromatic heterocycles. The molecular formula is C28H28N8O21S7. The Kier molecular flexibility index (Phi) is 16.5. The van der Waals surface area contributed by atoms with Gasteiger partial charge in [0.05, 0.1) is 45.9 Å². The van der Waals surface area contributed by atoms with Crippen molar-refractivity contribution in [3.05, 3.63) is 66.7 Å². The molecule has 0 aliphatic heterocycles. The van der Waals surface area contributed by atoms with E-state index in [9.17, 15) is 64.2 Å². The van der Waals surface area contributed by atoms with Crippen LogP contribution in [0.3, 0.4) is 0 Å². The molecule has 0 heterocycles. The van der Waals surface area contributed by atoms with Crippen molar-refractivity contribution in [2.45, 2.75) is 24.5 Å². The molecule has 0 bridgehead atoms. The number of hydrogen-bond donors (Lipinski definition) is 7. The predicted molar refractivity (Wildman–Crippen MR) is 217 cm³/mol. The molecule has 0 saturated carbocycles. The van der Waals surface area contributed by atoms with E-state index in [1.165, 1.54) is 12.1 Å². The third kappa shape index (κ3) is 14.0. The molecule has 29 nitrogen and oxygen atoms in total. The lowest BCUT2D eigenvalue weighted by Gasteiger charge is -2.11. The van der Waals surface area contributed by atoms with E-state index in [0.717, 1.165) is 42.5 Å². The lowest BCUT2D eigenvalue weighted by molar-refractivity contribution is -0.434. The second-order valence-corrected chi connectivity index (χ2v) is 21.8. The number of hydrogen-bond acceptors (Lipinski definition) is 26. The highest BCUT2D eigenvalue weighted by Crippen LogP contribution is 2.46. The summed E-state index contributed by atoms with van der Waals surface area (Å²) < 4.78 is 197. The zero-order chi connectivity index (χ0) is 47.9. The Morgan fingerprint density at radius 2 is 0.938 bits per heavy atom. The molecule has 0 aliphatic carbocycles. The average molecular weight is 1040 g/mol. The van der Waals surface area contributed by atoms with Crippen LogP contribution in [-0.2, 0) is 78.2 Å². The SMILES string of the molecule is Nc1c(/N=N/c2ccccc2S(=O)(=O)O)cc(/N=N/c2ccc(S(=O)(=O)CCOSOOO)cc2S(=O)(=O)O)c(N)c1/N=N/c1ccc(S(=O)(=O)CCOS(=O)(=O)O)cc1S(=O)(=O)O. The van der Waals surface area contributed by atoms with E-state index in [0.29, 0.717) is 12.1 Å². The van der Waals surface area contributed by atoms with Crippen molar-refractivity contribution in [2.24, 2.45) is 30.7 Å². The summed E-state index contributed by atoms with van der Waals surface area (Å²) in [5.74, 6) is -1.89. The van der Waals surface area contributed by atoms with Gasteiger partial charge in [0.1, 0.15) is 48.8 Å². The van der Waals surface area contributed by atoms with Crippen LogP contribution < -0.4 is 11.5 Å². The molecule has 348 valence electrons. The third-order valence-corrected chi connectivity index (χ3v) is 14.4. The van der Waals surface area contributed by atoms with Crippen molar-refractivity contribution in [3.63, 3.8) is 0 Å². The van der Waals surface area contributed by atoms with Crippen LogP contribution in [-0.4, -0.2) is 98.7 Å². The smallest absolute Gasteiger partial charge is 0.395 e. The maximum Gasteiger partial charge on any atom is 0.397 e. The molecule has 4 rings (SSSR count). The number of benzene rings is 4. The number of rotatable bonds is 21. The Morgan fingerprint density at radius 1 is 0.516 bits per heavy atom. The lowest BCUT2D eigenvalue weighted by atomic mass is 10.2. The van der Waals surface area contributed by atoms with E-state index in [1.54, 1.807) is 0 Å². The second-order valence-electron chi connectivity index (χ2n) is 11.8. The van der Waals surface area contributed by atoms with Crippen LogP contribution in [0.25, 0.3) is 0 Å². The fourth-order valence-corrected chi connectivity index (χ4v) is 9.69. The summed E-state index contributed by atoms with van der Waals surface area (Å²) in [4.78, 5) is -4.48. The monoisotopic (exact) mass is 1040 g/mol. The van der Waals surface area contributed by atoms with Gasteiger partial charge in [-0.15, -0.1) is 35.0 Å². The van der Waals surface area contributed by atoms with E-state index in [1.807, 2.05) is 0 Å². The molecule has 0 unspecified atom stereocenters. The van der Waals surface area contributed by atoms with Crippen molar-refractivity contribution >= 4 is 118 Å². The minimum atomic E-state index is -5.35. The van der Waals surface area contributed by atoms with Crippen molar-refractivity contribution in [1.29, 1.82) is 0 Å². The van der Waals surface area contributed by atoms with Gasteiger partial charge in [0, 0.05) is 0 Å². The summed E-state index contributed by atoms with van der Waals surface area (Å²) >= 11 is 0.0624. The van der Waals surface area contributed by atoms with E-state index in [4.69, 9.17) is 25.5 Å². The molecule has 0 radical (unpaired) electrons. The first-order valence-corrected chi connectivity index (χ1v) is 25.8. The highest BCUT2D eigenvalue weighted by atomic mass is 32.3. The molecule has 0 amide bonds. The molecule has 0 fully saturated rings. The predicted octanol–water partition coefficient (Wildman–Crippen LogP) is 4.21. The number of azo groups is 3. The van der Waals surface area contributed by atoms with Crippen LogP contribution >= 0.6 is 12.3 Å². The molecule has 0 atom stereocenters. The third-order valence-electron chi connectivity index (χ3n) is 7.53. The average Bonchev–Trinajstić information content (AvgIpc) is 3.18.